The third-order valence-electron chi connectivity index (χ3n) is 1.57. The molecule has 1 aromatic rings. The highest BCUT2D eigenvalue weighted by Crippen LogP contribution is 1.92. The summed E-state index contributed by atoms with van der Waals surface area (Å²) in [6.45, 7) is 5.35. The van der Waals surface area contributed by atoms with Gasteiger partial charge in [-0.05, 0) is 27.6 Å². The average Bonchev–Trinajstić information content (AvgIpc) is 2.07. The lowest BCUT2D eigenvalue weighted by Crippen LogP contribution is -2.08. The van der Waals surface area contributed by atoms with Gasteiger partial charge in [-0.25, -0.2) is 0 Å². The van der Waals surface area contributed by atoms with E-state index < -0.39 is 0 Å². The molecule has 0 saturated carbocycles. The van der Waals surface area contributed by atoms with E-state index in [1.54, 1.807) is 0 Å². The Balaban J connectivity index is 0. The average molecular weight is 181 g/mol. The third kappa shape index (κ3) is 11.2. The van der Waals surface area contributed by atoms with E-state index in [1.165, 1.54) is 5.56 Å². The molecular formula is C12H23N. The topological polar surface area (TPSA) is 3.24 Å². The van der Waals surface area contributed by atoms with Gasteiger partial charge in [-0.3, -0.25) is 0 Å². The van der Waals surface area contributed by atoms with Gasteiger partial charge in [-0.1, -0.05) is 50.2 Å². The number of hydrogen-bond donors (Lipinski definition) is 0. The SMILES string of the molecule is C.CCN(C)C.Cc1ccccc1. The molecule has 1 aromatic carbocycles. The molecule has 1 rings (SSSR count). The minimum Gasteiger partial charge on any atom is -0.310 e. The minimum atomic E-state index is 0. The van der Waals surface area contributed by atoms with Crippen LogP contribution in [-0.2, 0) is 0 Å². The molecule has 0 aliphatic rings. The van der Waals surface area contributed by atoms with Crippen molar-refractivity contribution in [1.29, 1.82) is 0 Å². The largest absolute Gasteiger partial charge is 0.310 e. The van der Waals surface area contributed by atoms with Crippen molar-refractivity contribution in [1.82, 2.24) is 4.90 Å². The maximum absolute atomic E-state index is 2.12. The lowest BCUT2D eigenvalue weighted by molar-refractivity contribution is 0.434. The van der Waals surface area contributed by atoms with Gasteiger partial charge in [0.15, 0.2) is 0 Å². The van der Waals surface area contributed by atoms with E-state index in [9.17, 15) is 0 Å². The second-order valence-corrected chi connectivity index (χ2v) is 3.05. The Hall–Kier alpha value is -0.820. The van der Waals surface area contributed by atoms with Crippen LogP contribution in [0.25, 0.3) is 0 Å². The molecule has 0 heterocycles. The van der Waals surface area contributed by atoms with Crippen molar-refractivity contribution in [3.63, 3.8) is 0 Å². The Morgan fingerprint density at radius 2 is 1.46 bits per heavy atom. The molecule has 0 atom stereocenters. The number of benzene rings is 1. The fourth-order valence-corrected chi connectivity index (χ4v) is 0.534. The van der Waals surface area contributed by atoms with Gasteiger partial charge < -0.3 is 4.90 Å². The monoisotopic (exact) mass is 181 g/mol. The van der Waals surface area contributed by atoms with E-state index in [4.69, 9.17) is 0 Å². The molecule has 1 nitrogen and oxygen atoms in total. The molecule has 76 valence electrons. The quantitative estimate of drug-likeness (QED) is 0.643. The van der Waals surface area contributed by atoms with Crippen LogP contribution in [0, 0.1) is 6.92 Å². The molecule has 0 bridgehead atoms. The Kier molecular flexibility index (Phi) is 10.5. The second kappa shape index (κ2) is 9.27. The van der Waals surface area contributed by atoms with Crippen LogP contribution in [0.3, 0.4) is 0 Å². The van der Waals surface area contributed by atoms with Crippen molar-refractivity contribution in [2.75, 3.05) is 20.6 Å². The first-order valence-corrected chi connectivity index (χ1v) is 4.33. The van der Waals surface area contributed by atoms with Crippen LogP contribution in [0.5, 0.6) is 0 Å². The second-order valence-electron chi connectivity index (χ2n) is 3.05. The fraction of sp³-hybridized carbons (Fsp3) is 0.500. The lowest BCUT2D eigenvalue weighted by Gasteiger charge is -2.00. The van der Waals surface area contributed by atoms with Gasteiger partial charge >= 0.3 is 0 Å². The van der Waals surface area contributed by atoms with E-state index in [0.717, 1.165) is 6.54 Å². The van der Waals surface area contributed by atoms with E-state index in [0.29, 0.717) is 0 Å². The molecule has 1 heteroatoms. The Bertz CT molecular complexity index is 180. The number of hydrogen-bond acceptors (Lipinski definition) is 1. The summed E-state index contributed by atoms with van der Waals surface area (Å²) in [5, 5.41) is 0. The maximum Gasteiger partial charge on any atom is -0.00533 e. The van der Waals surface area contributed by atoms with Crippen molar-refractivity contribution in [3.8, 4) is 0 Å². The summed E-state index contributed by atoms with van der Waals surface area (Å²) in [6.07, 6.45) is 0. The molecule has 0 unspecified atom stereocenters. The maximum atomic E-state index is 2.12. The molecular weight excluding hydrogens is 158 g/mol. The highest BCUT2D eigenvalue weighted by molar-refractivity contribution is 5.11. The highest BCUT2D eigenvalue weighted by Gasteiger charge is 1.72. The smallest absolute Gasteiger partial charge is 0.00533 e. The molecule has 0 N–H and O–H groups in total. The summed E-state index contributed by atoms with van der Waals surface area (Å²) >= 11 is 0. The first-order chi connectivity index (χ1) is 5.66. The Morgan fingerprint density at radius 1 is 1.08 bits per heavy atom. The Morgan fingerprint density at radius 3 is 1.62 bits per heavy atom. The van der Waals surface area contributed by atoms with E-state index in [1.807, 2.05) is 18.2 Å². The number of nitrogens with zero attached hydrogens (tertiary/aromatic N) is 1. The van der Waals surface area contributed by atoms with Crippen LogP contribution in [0.1, 0.15) is 19.9 Å². The molecule has 0 saturated heterocycles. The van der Waals surface area contributed by atoms with Crippen molar-refractivity contribution < 1.29 is 0 Å². The summed E-state index contributed by atoms with van der Waals surface area (Å²) in [7, 11) is 4.11. The summed E-state index contributed by atoms with van der Waals surface area (Å²) in [6, 6.07) is 10.3. The standard InChI is InChI=1S/C7H8.C4H11N.CH4/c1-7-5-3-2-4-6-7;1-4-5(2)3;/h2-6H,1H3;4H2,1-3H3;1H4. The zero-order chi connectivity index (χ0) is 9.40. The molecule has 0 fully saturated rings. The third-order valence-corrected chi connectivity index (χ3v) is 1.57. The summed E-state index contributed by atoms with van der Waals surface area (Å²) in [5.74, 6) is 0. The number of aryl methyl sites for hydroxylation is 1. The summed E-state index contributed by atoms with van der Waals surface area (Å²) < 4.78 is 0. The molecule has 0 spiro atoms. The van der Waals surface area contributed by atoms with E-state index >= 15 is 0 Å². The van der Waals surface area contributed by atoms with Crippen molar-refractivity contribution in [3.05, 3.63) is 35.9 Å². The normalized spacial score (nSPS) is 8.38. The predicted molar refractivity (Wildman–Crippen MR) is 62.1 cm³/mol. The molecule has 0 aromatic heterocycles. The highest BCUT2D eigenvalue weighted by atomic mass is 15.0. The fourth-order valence-electron chi connectivity index (χ4n) is 0.534. The summed E-state index contributed by atoms with van der Waals surface area (Å²) in [4.78, 5) is 2.12. The lowest BCUT2D eigenvalue weighted by atomic mass is 10.2. The minimum absolute atomic E-state index is 0. The van der Waals surface area contributed by atoms with Gasteiger partial charge in [0.1, 0.15) is 0 Å². The molecule has 0 amide bonds. The van der Waals surface area contributed by atoms with E-state index in [-0.39, 0.29) is 7.43 Å². The van der Waals surface area contributed by atoms with Crippen LogP contribution in [0.4, 0.5) is 0 Å². The van der Waals surface area contributed by atoms with Gasteiger partial charge in [-0.2, -0.15) is 0 Å². The molecule has 0 radical (unpaired) electrons. The molecule has 13 heavy (non-hydrogen) atoms. The van der Waals surface area contributed by atoms with Crippen LogP contribution in [0.15, 0.2) is 30.3 Å². The molecule has 0 aliphatic heterocycles. The van der Waals surface area contributed by atoms with Gasteiger partial charge in [0.25, 0.3) is 0 Å². The van der Waals surface area contributed by atoms with Gasteiger partial charge in [-0.15, -0.1) is 0 Å². The van der Waals surface area contributed by atoms with Crippen molar-refractivity contribution in [2.24, 2.45) is 0 Å². The first kappa shape index (κ1) is 14.7. The Labute approximate surface area is 83.4 Å². The van der Waals surface area contributed by atoms with Crippen LogP contribution >= 0.6 is 0 Å². The van der Waals surface area contributed by atoms with Gasteiger partial charge in [0.05, 0.1) is 0 Å². The zero-order valence-electron chi connectivity index (χ0n) is 8.54. The zero-order valence-corrected chi connectivity index (χ0v) is 8.54. The van der Waals surface area contributed by atoms with Crippen molar-refractivity contribution >= 4 is 0 Å². The van der Waals surface area contributed by atoms with E-state index in [2.05, 4.69) is 45.0 Å². The summed E-state index contributed by atoms with van der Waals surface area (Å²) in [5.41, 5.74) is 1.32. The van der Waals surface area contributed by atoms with Gasteiger partial charge in [0, 0.05) is 0 Å². The number of rotatable bonds is 1. The van der Waals surface area contributed by atoms with Crippen molar-refractivity contribution in [2.45, 2.75) is 21.3 Å². The van der Waals surface area contributed by atoms with Crippen LogP contribution in [0.2, 0.25) is 0 Å². The first-order valence-electron chi connectivity index (χ1n) is 4.33. The van der Waals surface area contributed by atoms with Crippen LogP contribution < -0.4 is 0 Å². The predicted octanol–water partition coefficient (Wildman–Crippen LogP) is 3.20. The van der Waals surface area contributed by atoms with Gasteiger partial charge in [0.2, 0.25) is 0 Å². The molecule has 0 aliphatic carbocycles. The van der Waals surface area contributed by atoms with Crippen LogP contribution in [-0.4, -0.2) is 25.5 Å².